The molecule has 2 aromatic rings. The van der Waals surface area contributed by atoms with Crippen molar-refractivity contribution >= 4 is 37.3 Å². The van der Waals surface area contributed by atoms with E-state index >= 15 is 0 Å². The van der Waals surface area contributed by atoms with E-state index in [0.717, 1.165) is 5.56 Å². The van der Waals surface area contributed by atoms with E-state index < -0.39 is 35.8 Å². The predicted molar refractivity (Wildman–Crippen MR) is 151 cm³/mol. The van der Waals surface area contributed by atoms with Gasteiger partial charge < -0.3 is 0 Å². The molecule has 5 rings (SSSR count). The fourth-order valence-electron chi connectivity index (χ4n) is 4.79. The Bertz CT molecular complexity index is 1150. The molecule has 8 nitrogen and oxygen atoms in total. The maximum absolute atomic E-state index is 13.8. The van der Waals surface area contributed by atoms with Gasteiger partial charge in [-0.1, -0.05) is 0 Å². The summed E-state index contributed by atoms with van der Waals surface area (Å²) < 4.78 is 13.2. The quantitative estimate of drug-likeness (QED) is 0.526. The Kier molecular flexibility index (Phi) is 9.23. The monoisotopic (exact) mass is 601 g/mol. The maximum atomic E-state index is 13.8. The second-order valence-corrected chi connectivity index (χ2v) is 13.8. The summed E-state index contributed by atoms with van der Waals surface area (Å²) in [5, 5.41) is 6.10. The van der Waals surface area contributed by atoms with Gasteiger partial charge in [0.05, 0.1) is 0 Å². The molecule has 9 heteroatoms. The Morgan fingerprint density at radius 1 is 1.10 bits per heavy atom. The minimum absolute atomic E-state index is 0.0769. The van der Waals surface area contributed by atoms with Crippen molar-refractivity contribution in [2.75, 3.05) is 13.1 Å². The number of hydrogen-bond acceptors (Lipinski definition) is 5. The van der Waals surface area contributed by atoms with Crippen LogP contribution >= 0.6 is 0 Å². The summed E-state index contributed by atoms with van der Waals surface area (Å²) in [4.78, 5) is 41.9. The molecule has 3 aliphatic rings. The van der Waals surface area contributed by atoms with Crippen LogP contribution < -0.4 is 19.8 Å². The summed E-state index contributed by atoms with van der Waals surface area (Å²) in [5.74, 6) is -0.103. The third-order valence-corrected chi connectivity index (χ3v) is 9.71. The van der Waals surface area contributed by atoms with Gasteiger partial charge in [-0.15, -0.1) is 0 Å². The number of likely N-dealkylation sites (tertiary alicyclic amines) is 1. The van der Waals surface area contributed by atoms with Crippen LogP contribution in [0.5, 0.6) is 5.75 Å². The van der Waals surface area contributed by atoms with Gasteiger partial charge in [0.1, 0.15) is 0 Å². The first kappa shape index (κ1) is 29.0. The molecule has 0 radical (unpaired) electrons. The first-order valence-electron chi connectivity index (χ1n) is 13.6. The van der Waals surface area contributed by atoms with Crippen LogP contribution in [0.4, 0.5) is 4.79 Å². The van der Waals surface area contributed by atoms with Gasteiger partial charge in [-0.05, 0) is 20.8 Å². The molecule has 0 saturated carbocycles. The third-order valence-electron chi connectivity index (χ3n) is 7.05. The molecule has 3 heterocycles. The number of hydrogen-bond donors (Lipinski definition) is 2. The van der Waals surface area contributed by atoms with Crippen molar-refractivity contribution in [3.05, 3.63) is 60.2 Å². The molecule has 0 aliphatic carbocycles. The first-order chi connectivity index (χ1) is 18.6. The Balaban J connectivity index is 1.67. The van der Waals surface area contributed by atoms with Crippen molar-refractivity contribution in [1.82, 2.24) is 15.5 Å². The zero-order valence-corrected chi connectivity index (χ0v) is 25.0. The van der Waals surface area contributed by atoms with Crippen LogP contribution in [-0.2, 0) is 14.3 Å². The second-order valence-electron chi connectivity index (χ2n) is 11.2. The van der Waals surface area contributed by atoms with Crippen molar-refractivity contribution in [1.29, 1.82) is 0 Å². The molecular formula is C30H39N3O5Se. The van der Waals surface area contributed by atoms with Crippen molar-refractivity contribution < 1.29 is 23.9 Å². The molecule has 2 aromatic carbocycles. The van der Waals surface area contributed by atoms with E-state index in [2.05, 4.69) is 22.8 Å². The Labute approximate surface area is 237 Å². The van der Waals surface area contributed by atoms with E-state index in [1.54, 1.807) is 20.8 Å². The molecule has 2 N–H and O–H groups in total. The van der Waals surface area contributed by atoms with Gasteiger partial charge in [-0.3, -0.25) is 0 Å². The molecule has 0 spiro atoms. The van der Waals surface area contributed by atoms with E-state index in [1.165, 1.54) is 9.36 Å². The van der Waals surface area contributed by atoms with Crippen molar-refractivity contribution in [2.24, 2.45) is 5.92 Å². The summed E-state index contributed by atoms with van der Waals surface area (Å²) in [5.41, 5.74) is 0.409. The number of rotatable bonds is 4. The van der Waals surface area contributed by atoms with Gasteiger partial charge in [-0.2, -0.15) is 0 Å². The topological polar surface area (TPSA) is 97.0 Å². The third kappa shape index (κ3) is 7.34. The molecule has 2 bridgehead atoms. The van der Waals surface area contributed by atoms with E-state index in [4.69, 9.17) is 9.47 Å². The number of ether oxygens (including phenoxy) is 2. The fraction of sp³-hybridized carbons (Fsp3) is 0.500. The summed E-state index contributed by atoms with van der Waals surface area (Å²) in [6.07, 6.45) is 0.0349. The molecule has 2 unspecified atom stereocenters. The molecule has 5 atom stereocenters. The molecule has 1 fully saturated rings. The van der Waals surface area contributed by atoms with Crippen LogP contribution in [0.3, 0.4) is 0 Å². The van der Waals surface area contributed by atoms with Crippen LogP contribution in [0.1, 0.15) is 57.8 Å². The first-order valence-corrected chi connectivity index (χ1v) is 15.5. The van der Waals surface area contributed by atoms with Gasteiger partial charge in [0.25, 0.3) is 0 Å². The SMILES string of the molecule is CCC(C)[C@@H]1NC(=O)[C@@H]2[C@@H](CCN2C(=O)OC(C)(C)C)Oc2ccc(cc2)C([Se]c2ccccc2)CNC1=O. The number of carbonyl (C=O) groups is 3. The number of nitrogens with one attached hydrogen (secondary N) is 2. The number of carbonyl (C=O) groups excluding carboxylic acids is 3. The summed E-state index contributed by atoms with van der Waals surface area (Å²) in [7, 11) is 0. The second kappa shape index (κ2) is 12.4. The average Bonchev–Trinajstić information content (AvgIpc) is 3.32. The van der Waals surface area contributed by atoms with E-state index in [1.807, 2.05) is 56.3 Å². The molecule has 0 aromatic heterocycles. The van der Waals surface area contributed by atoms with Gasteiger partial charge >= 0.3 is 217 Å². The van der Waals surface area contributed by atoms with Crippen LogP contribution in [0.25, 0.3) is 0 Å². The van der Waals surface area contributed by atoms with Crippen LogP contribution in [0, 0.1) is 5.92 Å². The van der Waals surface area contributed by atoms with Gasteiger partial charge in [-0.25, -0.2) is 0 Å². The number of amides is 3. The zero-order chi connectivity index (χ0) is 28.2. The Morgan fingerprint density at radius 3 is 2.44 bits per heavy atom. The molecular weight excluding hydrogens is 561 g/mol. The van der Waals surface area contributed by atoms with Crippen molar-refractivity contribution in [3.63, 3.8) is 0 Å². The van der Waals surface area contributed by atoms with Crippen LogP contribution in [0.2, 0.25) is 0 Å². The van der Waals surface area contributed by atoms with Gasteiger partial charge in [0.15, 0.2) is 0 Å². The summed E-state index contributed by atoms with van der Waals surface area (Å²) >= 11 is 0.0769. The molecule has 210 valence electrons. The Hall–Kier alpha value is -3.03. The molecule has 3 amide bonds. The van der Waals surface area contributed by atoms with Gasteiger partial charge in [0.2, 0.25) is 0 Å². The Morgan fingerprint density at radius 2 is 1.79 bits per heavy atom. The zero-order valence-electron chi connectivity index (χ0n) is 23.3. The standard InChI is InChI=1S/C30H39N3O5Se/c1-6-19(2)25-27(34)31-18-24(39-22-10-8-7-9-11-22)20-12-14-21(15-13-20)37-23-16-17-33(26(23)28(35)32-25)29(36)38-30(3,4)5/h7-15,19,23-26H,6,16-18H2,1-5H3,(H,31,34)(H,32,35)/t19?,23-,24?,25+,26+/m1/s1. The van der Waals surface area contributed by atoms with Gasteiger partial charge in [0, 0.05) is 0 Å². The summed E-state index contributed by atoms with van der Waals surface area (Å²) in [6, 6.07) is 16.5. The number of nitrogens with zero attached hydrogens (tertiary/aromatic N) is 1. The number of benzene rings is 2. The molecule has 39 heavy (non-hydrogen) atoms. The fourth-order valence-corrected chi connectivity index (χ4v) is 7.11. The van der Waals surface area contributed by atoms with E-state index in [9.17, 15) is 14.4 Å². The van der Waals surface area contributed by atoms with E-state index in [-0.39, 0.29) is 31.6 Å². The average molecular weight is 601 g/mol. The van der Waals surface area contributed by atoms with Crippen molar-refractivity contribution in [3.8, 4) is 5.75 Å². The van der Waals surface area contributed by atoms with Crippen LogP contribution in [-0.4, -0.2) is 74.6 Å². The number of fused-ring (bicyclic) bond motifs is 8. The molecule has 3 aliphatic heterocycles. The molecule has 1 saturated heterocycles. The van der Waals surface area contributed by atoms with E-state index in [0.29, 0.717) is 31.7 Å². The normalized spacial score (nSPS) is 24.6. The van der Waals surface area contributed by atoms with Crippen LogP contribution in [0.15, 0.2) is 54.6 Å². The summed E-state index contributed by atoms with van der Waals surface area (Å²) in [6.45, 7) is 10.1. The van der Waals surface area contributed by atoms with Crippen molar-refractivity contribution in [2.45, 2.75) is 76.1 Å². The predicted octanol–water partition coefficient (Wildman–Crippen LogP) is 3.17. The minimum atomic E-state index is -0.920.